The molecule has 3 aromatic rings. The van der Waals surface area contributed by atoms with Crippen LogP contribution in [0.1, 0.15) is 30.3 Å². The second kappa shape index (κ2) is 8.49. The highest BCUT2D eigenvalue weighted by molar-refractivity contribution is 5.95. The summed E-state index contributed by atoms with van der Waals surface area (Å²) in [5.74, 6) is 2.63. The number of piperidine rings is 1. The molecule has 7 heteroatoms. The van der Waals surface area contributed by atoms with Gasteiger partial charge in [-0.2, -0.15) is 0 Å². The first-order valence-electron chi connectivity index (χ1n) is 11.2. The maximum absolute atomic E-state index is 12.9. The van der Waals surface area contributed by atoms with E-state index < -0.39 is 0 Å². The first-order chi connectivity index (χ1) is 15.2. The van der Waals surface area contributed by atoms with Gasteiger partial charge in [-0.15, -0.1) is 10.2 Å². The van der Waals surface area contributed by atoms with Gasteiger partial charge >= 0.3 is 0 Å². The molecule has 0 N–H and O–H groups in total. The topological polar surface area (TPSA) is 65.5 Å². The Labute approximate surface area is 182 Å². The average Bonchev–Trinajstić information content (AvgIpc) is 2.84. The molecule has 31 heavy (non-hydrogen) atoms. The van der Waals surface area contributed by atoms with Crippen molar-refractivity contribution < 1.29 is 4.79 Å². The van der Waals surface area contributed by atoms with E-state index in [2.05, 4.69) is 44.0 Å². The minimum absolute atomic E-state index is 0.00818. The van der Waals surface area contributed by atoms with Gasteiger partial charge in [0.05, 0.1) is 5.52 Å². The molecule has 2 saturated heterocycles. The van der Waals surface area contributed by atoms with Gasteiger partial charge < -0.3 is 14.7 Å². The summed E-state index contributed by atoms with van der Waals surface area (Å²) in [6.45, 7) is 7.22. The Morgan fingerprint density at radius 3 is 2.13 bits per heavy atom. The molecule has 4 heterocycles. The number of amides is 1. The summed E-state index contributed by atoms with van der Waals surface area (Å²) >= 11 is 0. The predicted octanol–water partition coefficient (Wildman–Crippen LogP) is 3.22. The summed E-state index contributed by atoms with van der Waals surface area (Å²) < 4.78 is 0. The lowest BCUT2D eigenvalue weighted by molar-refractivity contribution is 0.0741. The van der Waals surface area contributed by atoms with E-state index in [1.54, 1.807) is 0 Å². The lowest BCUT2D eigenvalue weighted by Crippen LogP contribution is -2.49. The van der Waals surface area contributed by atoms with Crippen molar-refractivity contribution in [1.29, 1.82) is 0 Å². The van der Waals surface area contributed by atoms with Crippen molar-refractivity contribution in [2.75, 3.05) is 49.1 Å². The zero-order chi connectivity index (χ0) is 21.2. The van der Waals surface area contributed by atoms with Gasteiger partial charge in [0.2, 0.25) is 0 Å². The highest BCUT2D eigenvalue weighted by Gasteiger charge is 2.24. The average molecular weight is 417 g/mol. The quantitative estimate of drug-likeness (QED) is 0.653. The number of benzene rings is 1. The second-order valence-corrected chi connectivity index (χ2v) is 8.59. The van der Waals surface area contributed by atoms with E-state index in [0.717, 1.165) is 54.6 Å². The number of hydrogen-bond donors (Lipinski definition) is 0. The Hall–Kier alpha value is -3.22. The molecule has 2 fully saturated rings. The van der Waals surface area contributed by atoms with Crippen molar-refractivity contribution in [2.24, 2.45) is 5.92 Å². The van der Waals surface area contributed by atoms with Gasteiger partial charge in [0.15, 0.2) is 11.6 Å². The van der Waals surface area contributed by atoms with E-state index in [0.29, 0.717) is 18.8 Å². The number of carbonyl (C=O) groups is 1. The molecule has 0 bridgehead atoms. The number of anilines is 2. The van der Waals surface area contributed by atoms with Crippen molar-refractivity contribution >= 4 is 28.4 Å². The molecule has 1 amide bonds. The van der Waals surface area contributed by atoms with Crippen LogP contribution in [0.4, 0.5) is 11.6 Å². The molecule has 7 nitrogen and oxygen atoms in total. The Morgan fingerprint density at radius 2 is 1.45 bits per heavy atom. The standard InChI is InChI=1S/C24H28N6O/c1-18-10-12-28(13-11-18)22-8-9-23(27-26-22)29-14-16-30(17-15-29)24(31)21-7-6-19-4-2-3-5-20(19)25-21/h2-9,18H,10-17H2,1H3. The molecule has 0 spiro atoms. The first kappa shape index (κ1) is 19.7. The fourth-order valence-electron chi connectivity index (χ4n) is 4.38. The zero-order valence-electron chi connectivity index (χ0n) is 17.9. The summed E-state index contributed by atoms with van der Waals surface area (Å²) in [5.41, 5.74) is 1.36. The van der Waals surface area contributed by atoms with E-state index in [9.17, 15) is 4.79 Å². The van der Waals surface area contributed by atoms with Gasteiger partial charge in [-0.3, -0.25) is 4.79 Å². The second-order valence-electron chi connectivity index (χ2n) is 8.59. The molecule has 0 saturated carbocycles. The Morgan fingerprint density at radius 1 is 0.806 bits per heavy atom. The minimum Gasteiger partial charge on any atom is -0.355 e. The Balaban J connectivity index is 1.20. The van der Waals surface area contributed by atoms with Gasteiger partial charge in [0, 0.05) is 44.7 Å². The number of pyridine rings is 1. The van der Waals surface area contributed by atoms with E-state index >= 15 is 0 Å². The maximum atomic E-state index is 12.9. The highest BCUT2D eigenvalue weighted by atomic mass is 16.2. The molecule has 0 unspecified atom stereocenters. The Kier molecular flexibility index (Phi) is 5.40. The normalized spacial score (nSPS) is 17.9. The molecular formula is C24H28N6O. The van der Waals surface area contributed by atoms with Crippen LogP contribution in [0.25, 0.3) is 10.9 Å². The summed E-state index contributed by atoms with van der Waals surface area (Å²) in [4.78, 5) is 23.9. The van der Waals surface area contributed by atoms with Crippen LogP contribution in [0.3, 0.4) is 0 Å². The van der Waals surface area contributed by atoms with Crippen LogP contribution in [0.2, 0.25) is 0 Å². The van der Waals surface area contributed by atoms with Crippen LogP contribution in [-0.2, 0) is 0 Å². The van der Waals surface area contributed by atoms with Gasteiger partial charge in [-0.05, 0) is 43.0 Å². The zero-order valence-corrected chi connectivity index (χ0v) is 17.9. The molecule has 0 atom stereocenters. The summed E-state index contributed by atoms with van der Waals surface area (Å²) in [6.07, 6.45) is 2.43. The number of carbonyl (C=O) groups excluding carboxylic acids is 1. The smallest absolute Gasteiger partial charge is 0.272 e. The monoisotopic (exact) mass is 416 g/mol. The van der Waals surface area contributed by atoms with E-state index in [1.807, 2.05) is 41.3 Å². The van der Waals surface area contributed by atoms with Gasteiger partial charge in [0.25, 0.3) is 5.91 Å². The lowest BCUT2D eigenvalue weighted by atomic mass is 9.99. The molecule has 2 aliphatic heterocycles. The maximum Gasteiger partial charge on any atom is 0.272 e. The highest BCUT2D eigenvalue weighted by Crippen LogP contribution is 2.22. The molecule has 2 aliphatic rings. The molecule has 0 aliphatic carbocycles. The van der Waals surface area contributed by atoms with Crippen molar-refractivity contribution in [2.45, 2.75) is 19.8 Å². The van der Waals surface area contributed by atoms with Crippen LogP contribution in [-0.4, -0.2) is 65.3 Å². The fourth-order valence-corrected chi connectivity index (χ4v) is 4.38. The number of aromatic nitrogens is 3. The third-order valence-corrected chi connectivity index (χ3v) is 6.45. The number of rotatable bonds is 3. The molecule has 1 aromatic carbocycles. The minimum atomic E-state index is -0.00818. The molecular weight excluding hydrogens is 388 g/mol. The fraction of sp³-hybridized carbons (Fsp3) is 0.417. The number of para-hydroxylation sites is 1. The van der Waals surface area contributed by atoms with Crippen LogP contribution >= 0.6 is 0 Å². The van der Waals surface area contributed by atoms with Crippen LogP contribution in [0.15, 0.2) is 48.5 Å². The molecule has 160 valence electrons. The number of fused-ring (bicyclic) bond motifs is 1. The van der Waals surface area contributed by atoms with Crippen molar-refractivity contribution in [3.05, 3.63) is 54.2 Å². The summed E-state index contributed by atoms with van der Waals surface area (Å²) in [7, 11) is 0. The predicted molar refractivity (Wildman–Crippen MR) is 123 cm³/mol. The largest absolute Gasteiger partial charge is 0.355 e. The summed E-state index contributed by atoms with van der Waals surface area (Å²) in [5, 5.41) is 10.0. The lowest BCUT2D eigenvalue weighted by Gasteiger charge is -2.35. The first-order valence-corrected chi connectivity index (χ1v) is 11.2. The summed E-state index contributed by atoms with van der Waals surface area (Å²) in [6, 6.07) is 15.8. The SMILES string of the molecule is CC1CCN(c2ccc(N3CCN(C(=O)c4ccc5ccccc5n4)CC3)nn2)CC1. The van der Waals surface area contributed by atoms with Crippen LogP contribution in [0.5, 0.6) is 0 Å². The van der Waals surface area contributed by atoms with Crippen LogP contribution in [0, 0.1) is 5.92 Å². The third kappa shape index (κ3) is 4.17. The van der Waals surface area contributed by atoms with Crippen molar-refractivity contribution in [3.8, 4) is 0 Å². The van der Waals surface area contributed by atoms with E-state index in [4.69, 9.17) is 0 Å². The number of nitrogens with zero attached hydrogens (tertiary/aromatic N) is 6. The van der Waals surface area contributed by atoms with Gasteiger partial charge in [-0.1, -0.05) is 31.2 Å². The van der Waals surface area contributed by atoms with Crippen molar-refractivity contribution in [3.63, 3.8) is 0 Å². The van der Waals surface area contributed by atoms with Gasteiger partial charge in [0.1, 0.15) is 5.69 Å². The van der Waals surface area contributed by atoms with Crippen molar-refractivity contribution in [1.82, 2.24) is 20.1 Å². The van der Waals surface area contributed by atoms with E-state index in [1.165, 1.54) is 12.8 Å². The van der Waals surface area contributed by atoms with Gasteiger partial charge in [-0.25, -0.2) is 4.98 Å². The van der Waals surface area contributed by atoms with Crippen LogP contribution < -0.4 is 9.80 Å². The molecule has 5 rings (SSSR count). The molecule has 0 radical (unpaired) electrons. The number of hydrogen-bond acceptors (Lipinski definition) is 6. The Bertz CT molecular complexity index is 1050. The molecule has 2 aromatic heterocycles. The number of piperazine rings is 1. The van der Waals surface area contributed by atoms with E-state index in [-0.39, 0.29) is 5.91 Å². The third-order valence-electron chi connectivity index (χ3n) is 6.45.